The third kappa shape index (κ3) is 8.15. The monoisotopic (exact) mass is 190 g/mol. The summed E-state index contributed by atoms with van der Waals surface area (Å²) in [6, 6.07) is 0. The van der Waals surface area contributed by atoms with Gasteiger partial charge in [-0.2, -0.15) is 0 Å². The van der Waals surface area contributed by atoms with Crippen molar-refractivity contribution in [3.8, 4) is 0 Å². The van der Waals surface area contributed by atoms with Gasteiger partial charge in [0, 0.05) is 0 Å². The van der Waals surface area contributed by atoms with Crippen LogP contribution in [-0.2, 0) is 0 Å². The van der Waals surface area contributed by atoms with Crippen LogP contribution in [0.25, 0.3) is 0 Å². The Kier molecular flexibility index (Phi) is 10.7. The fourth-order valence-corrected chi connectivity index (χ4v) is 14.7. The van der Waals surface area contributed by atoms with Crippen LogP contribution in [0.4, 0.5) is 0 Å². The molecule has 0 rings (SSSR count). The SMILES string of the molecule is CCPPPPP. The first-order chi connectivity index (χ1) is 3.41. The smallest absolute Gasteiger partial charge is 0.0342 e. The van der Waals surface area contributed by atoms with Crippen molar-refractivity contribution in [2.75, 3.05) is 6.16 Å². The van der Waals surface area contributed by atoms with Crippen molar-refractivity contribution < 1.29 is 0 Å². The molecule has 0 radical (unpaired) electrons. The van der Waals surface area contributed by atoms with Crippen LogP contribution in [-0.4, -0.2) is 6.16 Å². The molecule has 0 nitrogen and oxygen atoms in total. The molecule has 0 aliphatic carbocycles. The Morgan fingerprint density at radius 2 is 2.14 bits per heavy atom. The molecule has 0 saturated carbocycles. The van der Waals surface area contributed by atoms with Gasteiger partial charge in [0.2, 0.25) is 0 Å². The van der Waals surface area contributed by atoms with E-state index in [2.05, 4.69) is 15.9 Å². The van der Waals surface area contributed by atoms with Gasteiger partial charge in [0.1, 0.15) is 0 Å². The number of hydrogen-bond acceptors (Lipinski definition) is 0. The maximum absolute atomic E-state index is 2.80. The minimum Gasteiger partial charge on any atom is -0.110 e. The Bertz CT molecular complexity index is 25.3. The van der Waals surface area contributed by atoms with Crippen LogP contribution in [0.5, 0.6) is 0 Å². The topological polar surface area (TPSA) is 0 Å². The standard InChI is InChI=1S/C2H11P5/c1-2-4-6-7-5-3/h4-7H,2-3H2,1H3. The summed E-state index contributed by atoms with van der Waals surface area (Å²) in [6.07, 6.45) is 1.40. The zero-order valence-electron chi connectivity index (χ0n) is 4.28. The Balaban J connectivity index is 2.45. The maximum atomic E-state index is 2.80. The lowest BCUT2D eigenvalue weighted by atomic mass is 11.0. The van der Waals surface area contributed by atoms with Gasteiger partial charge in [-0.05, 0) is 6.16 Å². The lowest BCUT2D eigenvalue weighted by molar-refractivity contribution is 1.53. The zero-order chi connectivity index (χ0) is 5.54. The molecule has 0 saturated heterocycles. The van der Waals surface area contributed by atoms with Crippen molar-refractivity contribution >= 4 is 41.1 Å². The minimum atomic E-state index is 1.13. The molecule has 0 heterocycles. The van der Waals surface area contributed by atoms with E-state index in [1.54, 1.807) is 0 Å². The van der Waals surface area contributed by atoms with E-state index in [-0.39, 0.29) is 0 Å². The van der Waals surface area contributed by atoms with Crippen molar-refractivity contribution in [1.29, 1.82) is 0 Å². The molecule has 0 fully saturated rings. The summed E-state index contributed by atoms with van der Waals surface area (Å²) < 4.78 is 0. The Labute approximate surface area is 54.7 Å². The molecule has 7 heavy (non-hydrogen) atoms. The van der Waals surface area contributed by atoms with E-state index >= 15 is 0 Å². The third-order valence-electron chi connectivity index (χ3n) is 0.400. The van der Waals surface area contributed by atoms with Crippen molar-refractivity contribution in [3.63, 3.8) is 0 Å². The summed E-state index contributed by atoms with van der Waals surface area (Å²) in [6.45, 7) is 2.27. The van der Waals surface area contributed by atoms with Gasteiger partial charge in [-0.1, -0.05) is 39.1 Å². The minimum absolute atomic E-state index is 1.13. The highest BCUT2D eigenvalue weighted by atomic mass is 32.7. The molecule has 0 aliphatic heterocycles. The van der Waals surface area contributed by atoms with E-state index in [0.717, 1.165) is 7.96 Å². The fourth-order valence-electron chi connectivity index (χ4n) is 0.169. The summed E-state index contributed by atoms with van der Waals surface area (Å²) in [7, 11) is 7.72. The van der Waals surface area contributed by atoms with Crippen LogP contribution in [0.2, 0.25) is 0 Å². The molecule has 0 spiro atoms. The molecule has 44 valence electrons. The van der Waals surface area contributed by atoms with Gasteiger partial charge in [0.05, 0.1) is 0 Å². The predicted octanol–water partition coefficient (Wildman–Crippen LogP) is 3.26. The largest absolute Gasteiger partial charge is 0.110 e. The van der Waals surface area contributed by atoms with Gasteiger partial charge in [-0.25, -0.2) is 0 Å². The lowest BCUT2D eigenvalue weighted by Gasteiger charge is -1.92. The molecule has 0 aliphatic rings. The van der Waals surface area contributed by atoms with E-state index in [1.807, 2.05) is 0 Å². The van der Waals surface area contributed by atoms with E-state index in [9.17, 15) is 0 Å². The first-order valence-electron chi connectivity index (χ1n) is 2.10. The first-order valence-corrected chi connectivity index (χ1v) is 11.1. The fraction of sp³-hybridized carbons (Fsp3) is 1.00. The Hall–Kier alpha value is 2.15. The van der Waals surface area contributed by atoms with Gasteiger partial charge < -0.3 is 0 Å². The molecule has 0 aromatic carbocycles. The second-order valence-corrected chi connectivity index (χ2v) is 13.3. The van der Waals surface area contributed by atoms with E-state index < -0.39 is 0 Å². The van der Waals surface area contributed by atoms with Crippen LogP contribution in [0.3, 0.4) is 0 Å². The second kappa shape index (κ2) is 8.15. The Morgan fingerprint density at radius 3 is 2.57 bits per heavy atom. The van der Waals surface area contributed by atoms with E-state index in [0.29, 0.717) is 0 Å². The Morgan fingerprint density at radius 1 is 1.43 bits per heavy atom. The summed E-state index contributed by atoms with van der Waals surface area (Å²) in [5.74, 6) is 0. The molecule has 0 N–H and O–H groups in total. The first kappa shape index (κ1) is 9.15. The van der Waals surface area contributed by atoms with Crippen LogP contribution >= 0.6 is 41.1 Å². The molecule has 0 aromatic heterocycles. The van der Waals surface area contributed by atoms with Crippen molar-refractivity contribution in [3.05, 3.63) is 0 Å². The van der Waals surface area contributed by atoms with Gasteiger partial charge in [-0.3, -0.25) is 0 Å². The summed E-state index contributed by atoms with van der Waals surface area (Å²) in [5, 5.41) is 0. The maximum Gasteiger partial charge on any atom is -0.0342 e. The van der Waals surface area contributed by atoms with E-state index in [4.69, 9.17) is 0 Å². The number of hydrogen-bond donors (Lipinski definition) is 0. The lowest BCUT2D eigenvalue weighted by Crippen LogP contribution is -1.43. The highest BCUT2D eigenvalue weighted by Crippen LogP contribution is 2.64. The average Bonchev–Trinajstić information content (AvgIpc) is 1.69. The normalized spacial score (nSPS) is 16.3. The van der Waals surface area contributed by atoms with E-state index in [1.165, 1.54) is 30.3 Å². The predicted molar refractivity (Wildman–Crippen MR) is 53.5 cm³/mol. The summed E-state index contributed by atoms with van der Waals surface area (Å²) in [5.41, 5.74) is 0. The highest BCUT2D eigenvalue weighted by Gasteiger charge is 1.78. The summed E-state index contributed by atoms with van der Waals surface area (Å²) >= 11 is 0. The van der Waals surface area contributed by atoms with Gasteiger partial charge >= 0.3 is 0 Å². The van der Waals surface area contributed by atoms with Crippen LogP contribution in [0.15, 0.2) is 0 Å². The molecule has 5 atom stereocenters. The molecule has 5 unspecified atom stereocenters. The quantitative estimate of drug-likeness (QED) is 0.471. The molecule has 5 heteroatoms. The van der Waals surface area contributed by atoms with Gasteiger partial charge in [0.15, 0.2) is 0 Å². The molecule has 0 amide bonds. The second-order valence-electron chi connectivity index (χ2n) is 0.925. The summed E-state index contributed by atoms with van der Waals surface area (Å²) in [4.78, 5) is 0. The highest BCUT2D eigenvalue weighted by molar-refractivity contribution is 8.67. The molecule has 0 bridgehead atoms. The molecular formula is C2H11P5. The van der Waals surface area contributed by atoms with Crippen LogP contribution in [0.1, 0.15) is 6.92 Å². The van der Waals surface area contributed by atoms with Crippen molar-refractivity contribution in [1.82, 2.24) is 0 Å². The average molecular weight is 190 g/mol. The van der Waals surface area contributed by atoms with Crippen LogP contribution < -0.4 is 0 Å². The van der Waals surface area contributed by atoms with Crippen LogP contribution in [0, 0.1) is 0 Å². The number of rotatable bonds is 4. The van der Waals surface area contributed by atoms with Gasteiger partial charge in [0.25, 0.3) is 0 Å². The third-order valence-corrected chi connectivity index (χ3v) is 14.9. The van der Waals surface area contributed by atoms with Crippen molar-refractivity contribution in [2.24, 2.45) is 0 Å². The molecule has 0 aromatic rings. The molecular weight excluding hydrogens is 179 g/mol. The zero-order valence-corrected chi connectivity index (χ0v) is 9.44. The van der Waals surface area contributed by atoms with Gasteiger partial charge in [-0.15, -0.1) is 8.93 Å². The van der Waals surface area contributed by atoms with Crippen molar-refractivity contribution in [2.45, 2.75) is 6.92 Å².